The molecule has 136 valence electrons. The maximum Gasteiger partial charge on any atom is 0.337 e. The number of rotatable bonds is 6. The number of amides is 2. The van der Waals surface area contributed by atoms with Crippen LogP contribution >= 0.6 is 0 Å². The van der Waals surface area contributed by atoms with Crippen LogP contribution in [-0.2, 0) is 20.7 Å². The lowest BCUT2D eigenvalue weighted by Gasteiger charge is -2.23. The lowest BCUT2D eigenvalue weighted by atomic mass is 10.1. The Balaban J connectivity index is 2.16. The first-order valence-electron chi connectivity index (χ1n) is 8.30. The molecule has 2 rings (SSSR count). The summed E-state index contributed by atoms with van der Waals surface area (Å²) in [4.78, 5) is 37.5. The van der Waals surface area contributed by atoms with Gasteiger partial charge in [-0.25, -0.2) is 4.79 Å². The van der Waals surface area contributed by atoms with Gasteiger partial charge in [0, 0.05) is 18.3 Å². The van der Waals surface area contributed by atoms with E-state index in [4.69, 9.17) is 0 Å². The first-order valence-corrected chi connectivity index (χ1v) is 8.30. The van der Waals surface area contributed by atoms with Crippen molar-refractivity contribution in [2.45, 2.75) is 20.3 Å². The van der Waals surface area contributed by atoms with Crippen molar-refractivity contribution >= 4 is 29.2 Å². The Labute approximate surface area is 152 Å². The molecule has 0 aliphatic carbocycles. The monoisotopic (exact) mass is 354 g/mol. The number of anilines is 2. The molecule has 0 fully saturated rings. The average Bonchev–Trinajstić information content (AvgIpc) is 2.65. The fraction of sp³-hybridized carbons (Fsp3) is 0.250. The van der Waals surface area contributed by atoms with E-state index < -0.39 is 5.97 Å². The number of benzene rings is 2. The number of carbonyl (C=O) groups is 3. The molecular weight excluding hydrogens is 332 g/mol. The van der Waals surface area contributed by atoms with Crippen molar-refractivity contribution in [3.05, 3.63) is 59.7 Å². The Morgan fingerprint density at radius 3 is 2.46 bits per heavy atom. The molecule has 0 radical (unpaired) electrons. The van der Waals surface area contributed by atoms with Gasteiger partial charge in [-0.05, 0) is 36.2 Å². The van der Waals surface area contributed by atoms with Gasteiger partial charge in [-0.15, -0.1) is 0 Å². The summed E-state index contributed by atoms with van der Waals surface area (Å²) in [5, 5.41) is 2.71. The summed E-state index contributed by atoms with van der Waals surface area (Å²) in [6, 6.07) is 13.9. The number of hydrogen-bond donors (Lipinski definition) is 1. The van der Waals surface area contributed by atoms with Crippen molar-refractivity contribution in [1.82, 2.24) is 0 Å². The molecule has 2 aromatic carbocycles. The van der Waals surface area contributed by atoms with Crippen LogP contribution < -0.4 is 10.2 Å². The molecule has 0 aliphatic rings. The smallest absolute Gasteiger partial charge is 0.337 e. The summed E-state index contributed by atoms with van der Waals surface area (Å²) in [6.45, 7) is 3.31. The molecule has 2 aromatic rings. The summed E-state index contributed by atoms with van der Waals surface area (Å²) in [5.41, 5.74) is 2.51. The van der Waals surface area contributed by atoms with E-state index in [0.717, 1.165) is 17.7 Å². The third-order valence-electron chi connectivity index (χ3n) is 3.91. The van der Waals surface area contributed by atoms with Gasteiger partial charge in [0.05, 0.1) is 12.7 Å². The summed E-state index contributed by atoms with van der Waals surface area (Å²) >= 11 is 0. The summed E-state index contributed by atoms with van der Waals surface area (Å²) in [6.07, 6.45) is 0.753. The molecule has 0 bridgehead atoms. The molecule has 1 N–H and O–H groups in total. The zero-order valence-electron chi connectivity index (χ0n) is 15.1. The number of hydrogen-bond acceptors (Lipinski definition) is 4. The number of esters is 1. The van der Waals surface area contributed by atoms with E-state index in [-0.39, 0.29) is 18.4 Å². The van der Waals surface area contributed by atoms with Crippen LogP contribution in [0.5, 0.6) is 0 Å². The average molecular weight is 354 g/mol. The second kappa shape index (κ2) is 8.80. The van der Waals surface area contributed by atoms with Gasteiger partial charge in [0.25, 0.3) is 0 Å². The van der Waals surface area contributed by atoms with Crippen molar-refractivity contribution in [3.63, 3.8) is 0 Å². The van der Waals surface area contributed by atoms with Crippen LogP contribution in [0.15, 0.2) is 48.5 Å². The van der Waals surface area contributed by atoms with Crippen LogP contribution in [0.25, 0.3) is 0 Å². The Hall–Kier alpha value is -3.15. The number of methoxy groups -OCH3 is 1. The highest BCUT2D eigenvalue weighted by Gasteiger charge is 2.18. The number of aryl methyl sites for hydroxylation is 1. The third-order valence-corrected chi connectivity index (χ3v) is 3.91. The number of nitrogens with zero attached hydrogens (tertiary/aromatic N) is 1. The number of carbonyl (C=O) groups excluding carboxylic acids is 3. The highest BCUT2D eigenvalue weighted by molar-refractivity contribution is 6.02. The van der Waals surface area contributed by atoms with E-state index in [1.807, 2.05) is 31.2 Å². The lowest BCUT2D eigenvalue weighted by molar-refractivity contribution is -0.120. The van der Waals surface area contributed by atoms with E-state index in [0.29, 0.717) is 11.3 Å². The van der Waals surface area contributed by atoms with Gasteiger partial charge < -0.3 is 15.0 Å². The third kappa shape index (κ3) is 4.69. The van der Waals surface area contributed by atoms with E-state index in [1.54, 1.807) is 18.2 Å². The van der Waals surface area contributed by atoms with Crippen LogP contribution in [0.1, 0.15) is 29.8 Å². The molecule has 0 saturated carbocycles. The molecule has 6 heteroatoms. The molecule has 0 heterocycles. The standard InChI is InChI=1S/C20H22N2O4/c1-4-15-8-5-6-11-18(15)22(14(2)23)13-19(24)21-17-10-7-9-16(12-17)20(25)26-3/h5-12H,4,13H2,1-3H3,(H,21,24). The number of nitrogens with one attached hydrogen (secondary N) is 1. The van der Waals surface area contributed by atoms with Gasteiger partial charge in [-0.2, -0.15) is 0 Å². The fourth-order valence-corrected chi connectivity index (χ4v) is 2.63. The maximum absolute atomic E-state index is 12.4. The predicted molar refractivity (Wildman–Crippen MR) is 100 cm³/mol. The Bertz CT molecular complexity index is 817. The molecule has 0 aliphatic heterocycles. The van der Waals surface area contributed by atoms with E-state index in [1.165, 1.54) is 25.0 Å². The Morgan fingerprint density at radius 1 is 1.08 bits per heavy atom. The maximum atomic E-state index is 12.4. The van der Waals surface area contributed by atoms with Crippen molar-refractivity contribution in [2.75, 3.05) is 23.9 Å². The van der Waals surface area contributed by atoms with E-state index >= 15 is 0 Å². The Kier molecular flexibility index (Phi) is 6.49. The van der Waals surface area contributed by atoms with Crippen LogP contribution in [0.3, 0.4) is 0 Å². The second-order valence-electron chi connectivity index (χ2n) is 5.71. The van der Waals surface area contributed by atoms with Crippen molar-refractivity contribution in [2.24, 2.45) is 0 Å². The lowest BCUT2D eigenvalue weighted by Crippen LogP contribution is -2.37. The molecule has 6 nitrogen and oxygen atoms in total. The molecule has 0 aromatic heterocycles. The summed E-state index contributed by atoms with van der Waals surface area (Å²) in [7, 11) is 1.30. The quantitative estimate of drug-likeness (QED) is 0.809. The van der Waals surface area contributed by atoms with Crippen LogP contribution in [0.2, 0.25) is 0 Å². The highest BCUT2D eigenvalue weighted by atomic mass is 16.5. The largest absolute Gasteiger partial charge is 0.465 e. The fourth-order valence-electron chi connectivity index (χ4n) is 2.63. The van der Waals surface area contributed by atoms with Crippen LogP contribution in [0, 0.1) is 0 Å². The first kappa shape index (κ1) is 19.2. The molecule has 26 heavy (non-hydrogen) atoms. The van der Waals surface area contributed by atoms with E-state index in [9.17, 15) is 14.4 Å². The zero-order chi connectivity index (χ0) is 19.1. The topological polar surface area (TPSA) is 75.7 Å². The van der Waals surface area contributed by atoms with E-state index in [2.05, 4.69) is 10.1 Å². The number of ether oxygens (including phenoxy) is 1. The minimum atomic E-state index is -0.483. The van der Waals surface area contributed by atoms with Gasteiger partial charge in [0.15, 0.2) is 0 Å². The number of para-hydroxylation sites is 1. The predicted octanol–water partition coefficient (Wildman–Crippen LogP) is 3.03. The van der Waals surface area contributed by atoms with Crippen LogP contribution in [-0.4, -0.2) is 31.4 Å². The van der Waals surface area contributed by atoms with Crippen LogP contribution in [0.4, 0.5) is 11.4 Å². The van der Waals surface area contributed by atoms with Gasteiger partial charge in [0.1, 0.15) is 6.54 Å². The minimum absolute atomic E-state index is 0.116. The van der Waals surface area contributed by atoms with Crippen molar-refractivity contribution in [1.29, 1.82) is 0 Å². The van der Waals surface area contributed by atoms with Crippen molar-refractivity contribution in [3.8, 4) is 0 Å². The minimum Gasteiger partial charge on any atom is -0.465 e. The Morgan fingerprint density at radius 2 is 1.81 bits per heavy atom. The second-order valence-corrected chi connectivity index (χ2v) is 5.71. The molecule has 0 spiro atoms. The molecule has 0 atom stereocenters. The summed E-state index contributed by atoms with van der Waals surface area (Å²) in [5.74, 6) is -1.05. The van der Waals surface area contributed by atoms with Crippen molar-refractivity contribution < 1.29 is 19.1 Å². The van der Waals surface area contributed by atoms with Gasteiger partial charge in [-0.1, -0.05) is 31.2 Å². The molecule has 0 saturated heterocycles. The first-order chi connectivity index (χ1) is 12.5. The molecule has 2 amide bonds. The van der Waals surface area contributed by atoms with Gasteiger partial charge in [-0.3, -0.25) is 9.59 Å². The molecular formula is C20H22N2O4. The highest BCUT2D eigenvalue weighted by Crippen LogP contribution is 2.21. The zero-order valence-corrected chi connectivity index (χ0v) is 15.1. The molecule has 0 unspecified atom stereocenters. The summed E-state index contributed by atoms with van der Waals surface area (Å²) < 4.78 is 4.67. The normalized spacial score (nSPS) is 10.1. The van der Waals surface area contributed by atoms with Gasteiger partial charge >= 0.3 is 5.97 Å². The SMILES string of the molecule is CCc1ccccc1N(CC(=O)Nc1cccc(C(=O)OC)c1)C(C)=O. The van der Waals surface area contributed by atoms with Gasteiger partial charge in [0.2, 0.25) is 11.8 Å².